The molecule has 1 aromatic rings. The van der Waals surface area contributed by atoms with E-state index in [1.807, 2.05) is 16.3 Å². The number of hydrogen-bond acceptors (Lipinski definition) is 4. The number of unbranched alkanes of at least 4 members (excludes halogenated alkanes) is 1. The van der Waals surface area contributed by atoms with Crippen molar-refractivity contribution in [3.05, 3.63) is 21.9 Å². The van der Waals surface area contributed by atoms with Gasteiger partial charge in [0.2, 0.25) is 0 Å². The Morgan fingerprint density at radius 2 is 2.53 bits per heavy atom. The minimum Gasteiger partial charge on any atom is -0.480 e. The highest BCUT2D eigenvalue weighted by Crippen LogP contribution is 2.33. The Hall–Kier alpha value is -1.38. The maximum atomic E-state index is 11.4. The van der Waals surface area contributed by atoms with E-state index in [2.05, 4.69) is 6.07 Å². The second-order valence-electron chi connectivity index (χ2n) is 4.09. The van der Waals surface area contributed by atoms with Crippen molar-refractivity contribution in [2.45, 2.75) is 25.3 Å². The Morgan fingerprint density at radius 1 is 1.71 bits per heavy atom. The van der Waals surface area contributed by atoms with Gasteiger partial charge in [-0.25, -0.2) is 0 Å². The van der Waals surface area contributed by atoms with Crippen LogP contribution in [-0.4, -0.2) is 29.1 Å². The summed E-state index contributed by atoms with van der Waals surface area (Å²) < 4.78 is 0. The molecule has 0 spiro atoms. The van der Waals surface area contributed by atoms with Crippen LogP contribution in [0.25, 0.3) is 0 Å². The summed E-state index contributed by atoms with van der Waals surface area (Å²) in [5, 5.41) is 19.8. The van der Waals surface area contributed by atoms with Gasteiger partial charge in [0.1, 0.15) is 6.04 Å². The molecule has 4 nitrogen and oxygen atoms in total. The highest BCUT2D eigenvalue weighted by molar-refractivity contribution is 7.10. The standard InChI is InChI=1S/C12H14N2O2S/c13-5-1-2-6-14-7-3-10-9(4-8-17-10)11(14)12(15)16/h4,8,11H,1-3,6-7H2,(H,15,16). The Balaban J connectivity index is 2.13. The van der Waals surface area contributed by atoms with Crippen molar-refractivity contribution in [1.82, 2.24) is 4.90 Å². The minimum atomic E-state index is -0.790. The summed E-state index contributed by atoms with van der Waals surface area (Å²) in [6.45, 7) is 1.45. The lowest BCUT2D eigenvalue weighted by Crippen LogP contribution is -2.39. The van der Waals surface area contributed by atoms with Gasteiger partial charge in [-0.1, -0.05) is 0 Å². The fourth-order valence-corrected chi connectivity index (χ4v) is 3.16. The number of carbonyl (C=O) groups is 1. The van der Waals surface area contributed by atoms with Crippen LogP contribution in [0.1, 0.15) is 29.3 Å². The maximum Gasteiger partial charge on any atom is 0.325 e. The number of fused-ring (bicyclic) bond motifs is 1. The number of aliphatic carboxylic acids is 1. The summed E-state index contributed by atoms with van der Waals surface area (Å²) in [6, 6.07) is 3.48. The normalized spacial score (nSPS) is 19.6. The Morgan fingerprint density at radius 3 is 3.24 bits per heavy atom. The number of carboxylic acids is 1. The van der Waals surface area contributed by atoms with Gasteiger partial charge in [-0.3, -0.25) is 9.69 Å². The fourth-order valence-electron chi connectivity index (χ4n) is 2.26. The first-order valence-electron chi connectivity index (χ1n) is 5.64. The van der Waals surface area contributed by atoms with E-state index in [1.165, 1.54) is 4.88 Å². The van der Waals surface area contributed by atoms with E-state index in [0.29, 0.717) is 13.0 Å². The van der Waals surface area contributed by atoms with Gasteiger partial charge in [0.05, 0.1) is 6.07 Å². The summed E-state index contributed by atoms with van der Waals surface area (Å²) >= 11 is 1.63. The molecule has 1 aliphatic heterocycles. The lowest BCUT2D eigenvalue weighted by atomic mass is 10.00. The summed E-state index contributed by atoms with van der Waals surface area (Å²) in [5.74, 6) is -0.790. The molecule has 0 saturated heterocycles. The summed E-state index contributed by atoms with van der Waals surface area (Å²) in [7, 11) is 0. The highest BCUT2D eigenvalue weighted by atomic mass is 32.1. The molecule has 0 amide bonds. The monoisotopic (exact) mass is 250 g/mol. The molecule has 0 saturated carbocycles. The van der Waals surface area contributed by atoms with Crippen molar-refractivity contribution in [2.24, 2.45) is 0 Å². The van der Waals surface area contributed by atoms with Gasteiger partial charge in [-0.15, -0.1) is 11.3 Å². The smallest absolute Gasteiger partial charge is 0.325 e. The van der Waals surface area contributed by atoms with Crippen LogP contribution < -0.4 is 0 Å². The van der Waals surface area contributed by atoms with Gasteiger partial charge in [0.15, 0.2) is 0 Å². The molecular weight excluding hydrogens is 236 g/mol. The number of nitrogens with zero attached hydrogens (tertiary/aromatic N) is 2. The van der Waals surface area contributed by atoms with Gasteiger partial charge in [0, 0.05) is 24.4 Å². The van der Waals surface area contributed by atoms with Gasteiger partial charge in [0.25, 0.3) is 0 Å². The lowest BCUT2D eigenvalue weighted by molar-refractivity contribution is -0.144. The SMILES string of the molecule is N#CCCCN1CCc2sccc2C1C(=O)O. The van der Waals surface area contributed by atoms with E-state index in [1.54, 1.807) is 11.3 Å². The summed E-state index contributed by atoms with van der Waals surface area (Å²) in [5.41, 5.74) is 0.936. The zero-order valence-electron chi connectivity index (χ0n) is 9.43. The van der Waals surface area contributed by atoms with Crippen molar-refractivity contribution >= 4 is 17.3 Å². The van der Waals surface area contributed by atoms with Crippen molar-refractivity contribution in [2.75, 3.05) is 13.1 Å². The molecule has 0 bridgehead atoms. The van der Waals surface area contributed by atoms with Crippen molar-refractivity contribution in [3.63, 3.8) is 0 Å². The molecular formula is C12H14N2O2S. The summed E-state index contributed by atoms with van der Waals surface area (Å²) in [6.07, 6.45) is 2.14. The second kappa shape index (κ2) is 5.30. The number of thiophene rings is 1. The van der Waals surface area contributed by atoms with Crippen LogP contribution in [0.2, 0.25) is 0 Å². The van der Waals surface area contributed by atoms with E-state index in [9.17, 15) is 9.90 Å². The molecule has 2 heterocycles. The first-order valence-corrected chi connectivity index (χ1v) is 6.52. The third-order valence-corrected chi connectivity index (χ3v) is 4.03. The van der Waals surface area contributed by atoms with Crippen LogP contribution in [-0.2, 0) is 11.2 Å². The Kier molecular flexibility index (Phi) is 3.77. The molecule has 0 aromatic carbocycles. The van der Waals surface area contributed by atoms with Gasteiger partial charge in [-0.05, 0) is 29.9 Å². The quantitative estimate of drug-likeness (QED) is 0.830. The second-order valence-corrected chi connectivity index (χ2v) is 5.09. The molecule has 0 aliphatic carbocycles. The molecule has 1 aromatic heterocycles. The molecule has 1 N–H and O–H groups in total. The number of hydrogen-bond donors (Lipinski definition) is 1. The first kappa shape index (κ1) is 12.1. The van der Waals surface area contributed by atoms with Crippen LogP contribution >= 0.6 is 11.3 Å². The number of carboxylic acid groups (broad SMARTS) is 1. The topological polar surface area (TPSA) is 64.3 Å². The average molecular weight is 250 g/mol. The first-order chi connectivity index (χ1) is 8.24. The summed E-state index contributed by atoms with van der Waals surface area (Å²) in [4.78, 5) is 14.5. The van der Waals surface area contributed by atoms with Gasteiger partial charge >= 0.3 is 5.97 Å². The van der Waals surface area contributed by atoms with E-state index >= 15 is 0 Å². The van der Waals surface area contributed by atoms with Crippen molar-refractivity contribution in [3.8, 4) is 6.07 Å². The molecule has 90 valence electrons. The van der Waals surface area contributed by atoms with E-state index in [4.69, 9.17) is 5.26 Å². The van der Waals surface area contributed by atoms with Crippen molar-refractivity contribution in [1.29, 1.82) is 5.26 Å². The van der Waals surface area contributed by atoms with Crippen LogP contribution in [0.15, 0.2) is 11.4 Å². The van der Waals surface area contributed by atoms with Crippen LogP contribution in [0.5, 0.6) is 0 Å². The van der Waals surface area contributed by atoms with Crippen LogP contribution in [0.4, 0.5) is 0 Å². The number of nitriles is 1. The molecule has 2 rings (SSSR count). The minimum absolute atomic E-state index is 0.485. The van der Waals surface area contributed by atoms with Gasteiger partial charge < -0.3 is 5.11 Å². The van der Waals surface area contributed by atoms with Crippen LogP contribution in [0, 0.1) is 11.3 Å². The molecule has 0 fully saturated rings. The molecule has 0 radical (unpaired) electrons. The molecule has 17 heavy (non-hydrogen) atoms. The lowest BCUT2D eigenvalue weighted by Gasteiger charge is -2.32. The fraction of sp³-hybridized carbons (Fsp3) is 0.500. The third kappa shape index (κ3) is 2.48. The van der Waals surface area contributed by atoms with E-state index < -0.39 is 12.0 Å². The van der Waals surface area contributed by atoms with E-state index in [-0.39, 0.29) is 0 Å². The van der Waals surface area contributed by atoms with Gasteiger partial charge in [-0.2, -0.15) is 5.26 Å². The van der Waals surface area contributed by atoms with Crippen LogP contribution in [0.3, 0.4) is 0 Å². The predicted octanol–water partition coefficient (Wildman–Crippen LogP) is 2.04. The highest BCUT2D eigenvalue weighted by Gasteiger charge is 2.33. The zero-order chi connectivity index (χ0) is 12.3. The van der Waals surface area contributed by atoms with E-state index in [0.717, 1.165) is 24.9 Å². The average Bonchev–Trinajstić information content (AvgIpc) is 2.76. The molecule has 1 unspecified atom stereocenters. The predicted molar refractivity (Wildman–Crippen MR) is 64.8 cm³/mol. The Labute approximate surface area is 104 Å². The number of rotatable bonds is 4. The molecule has 1 atom stereocenters. The largest absolute Gasteiger partial charge is 0.480 e. The molecule has 1 aliphatic rings. The Bertz CT molecular complexity index is 450. The third-order valence-electron chi connectivity index (χ3n) is 3.03. The molecule has 5 heteroatoms. The van der Waals surface area contributed by atoms with Crippen molar-refractivity contribution < 1.29 is 9.90 Å². The zero-order valence-corrected chi connectivity index (χ0v) is 10.2. The maximum absolute atomic E-state index is 11.4.